The Bertz CT molecular complexity index is 916. The number of hydrazine groups is 1. The standard InChI is InChI=1S/C23H29N3O3S/c1-23(2,3)17-9-10-18-16(12-17)13-19(30-18)22(29)26-25-21(28)14-24-20(27)11-15-7-5-4-6-8-15/h4-8,13,17H,9-12,14H2,1-3H3,(H,24,27)(H,25,28)(H,26,29)/t17-/m0/s1. The summed E-state index contributed by atoms with van der Waals surface area (Å²) >= 11 is 1.49. The van der Waals surface area contributed by atoms with Crippen molar-refractivity contribution in [1.29, 1.82) is 0 Å². The summed E-state index contributed by atoms with van der Waals surface area (Å²) in [7, 11) is 0. The molecule has 30 heavy (non-hydrogen) atoms. The van der Waals surface area contributed by atoms with Crippen LogP contribution in [0.2, 0.25) is 0 Å². The molecule has 1 aromatic carbocycles. The second kappa shape index (κ2) is 9.43. The van der Waals surface area contributed by atoms with Crippen LogP contribution in [-0.2, 0) is 28.9 Å². The van der Waals surface area contributed by atoms with E-state index in [9.17, 15) is 14.4 Å². The van der Waals surface area contributed by atoms with Crippen molar-refractivity contribution in [2.45, 2.75) is 46.5 Å². The largest absolute Gasteiger partial charge is 0.347 e. The molecule has 0 unspecified atom stereocenters. The Balaban J connectivity index is 1.44. The van der Waals surface area contributed by atoms with Crippen LogP contribution in [0.15, 0.2) is 36.4 Å². The Morgan fingerprint density at radius 3 is 2.50 bits per heavy atom. The molecule has 160 valence electrons. The molecule has 1 aromatic heterocycles. The third kappa shape index (κ3) is 5.92. The van der Waals surface area contributed by atoms with E-state index in [-0.39, 0.29) is 30.2 Å². The van der Waals surface area contributed by atoms with Crippen molar-refractivity contribution in [3.63, 3.8) is 0 Å². The van der Waals surface area contributed by atoms with Gasteiger partial charge in [0.15, 0.2) is 0 Å². The van der Waals surface area contributed by atoms with Gasteiger partial charge in [0.05, 0.1) is 17.8 Å². The number of thiophene rings is 1. The van der Waals surface area contributed by atoms with Gasteiger partial charge in [-0.2, -0.15) is 0 Å². The van der Waals surface area contributed by atoms with E-state index >= 15 is 0 Å². The maximum absolute atomic E-state index is 12.4. The molecule has 2 aromatic rings. The Hall–Kier alpha value is -2.67. The van der Waals surface area contributed by atoms with E-state index in [2.05, 4.69) is 36.9 Å². The molecule has 6 nitrogen and oxygen atoms in total. The lowest BCUT2D eigenvalue weighted by molar-refractivity contribution is -0.126. The molecular formula is C23H29N3O3S. The molecular weight excluding hydrogens is 398 g/mol. The maximum Gasteiger partial charge on any atom is 0.279 e. The molecule has 0 saturated heterocycles. The van der Waals surface area contributed by atoms with Gasteiger partial charge in [-0.1, -0.05) is 51.1 Å². The van der Waals surface area contributed by atoms with E-state index < -0.39 is 5.91 Å². The minimum absolute atomic E-state index is 0.194. The van der Waals surface area contributed by atoms with E-state index in [4.69, 9.17) is 0 Å². The van der Waals surface area contributed by atoms with Crippen LogP contribution < -0.4 is 16.2 Å². The number of fused-ring (bicyclic) bond motifs is 1. The molecule has 3 amide bonds. The molecule has 3 N–H and O–H groups in total. The van der Waals surface area contributed by atoms with Gasteiger partial charge < -0.3 is 5.32 Å². The van der Waals surface area contributed by atoms with Crippen molar-refractivity contribution in [1.82, 2.24) is 16.2 Å². The number of rotatable bonds is 5. The zero-order valence-corrected chi connectivity index (χ0v) is 18.5. The average molecular weight is 428 g/mol. The van der Waals surface area contributed by atoms with Crippen molar-refractivity contribution in [2.24, 2.45) is 11.3 Å². The first kappa shape index (κ1) is 22.0. The lowest BCUT2D eigenvalue weighted by Gasteiger charge is -2.33. The van der Waals surface area contributed by atoms with Crippen molar-refractivity contribution in [3.8, 4) is 0 Å². The number of amides is 3. The average Bonchev–Trinajstić information content (AvgIpc) is 3.14. The fourth-order valence-corrected chi connectivity index (χ4v) is 4.73. The Labute approximate surface area is 181 Å². The SMILES string of the molecule is CC(C)(C)[C@H]1CCc2sc(C(=O)NNC(=O)CNC(=O)Cc3ccccc3)cc2C1. The molecule has 0 fully saturated rings. The number of carbonyl (C=O) groups is 3. The molecule has 0 spiro atoms. The minimum atomic E-state index is -0.473. The van der Waals surface area contributed by atoms with Crippen LogP contribution in [-0.4, -0.2) is 24.3 Å². The Morgan fingerprint density at radius 2 is 1.80 bits per heavy atom. The number of nitrogens with one attached hydrogen (secondary N) is 3. The number of benzene rings is 1. The quantitative estimate of drug-likeness (QED) is 0.641. The van der Waals surface area contributed by atoms with Crippen LogP contribution in [0.3, 0.4) is 0 Å². The second-order valence-corrected chi connectivity index (χ2v) is 9.94. The molecule has 7 heteroatoms. The first-order valence-corrected chi connectivity index (χ1v) is 11.1. The van der Waals surface area contributed by atoms with Crippen LogP contribution >= 0.6 is 11.3 Å². The molecule has 0 aliphatic heterocycles. The number of aryl methyl sites for hydroxylation is 1. The van der Waals surface area contributed by atoms with Gasteiger partial charge in [0.2, 0.25) is 5.91 Å². The smallest absolute Gasteiger partial charge is 0.279 e. The first-order chi connectivity index (χ1) is 14.2. The van der Waals surface area contributed by atoms with Crippen LogP contribution in [0.1, 0.15) is 52.9 Å². The Kier molecular flexibility index (Phi) is 6.92. The lowest BCUT2D eigenvalue weighted by atomic mass is 9.72. The highest BCUT2D eigenvalue weighted by Crippen LogP contribution is 2.40. The van der Waals surface area contributed by atoms with Crippen molar-refractivity contribution in [2.75, 3.05) is 6.54 Å². The van der Waals surface area contributed by atoms with Gasteiger partial charge in [0, 0.05) is 4.88 Å². The first-order valence-electron chi connectivity index (χ1n) is 10.2. The summed E-state index contributed by atoms with van der Waals surface area (Å²) in [6.45, 7) is 6.59. The molecule has 1 heterocycles. The van der Waals surface area contributed by atoms with Crippen LogP contribution in [0.25, 0.3) is 0 Å². The summed E-state index contributed by atoms with van der Waals surface area (Å²) in [6, 6.07) is 11.2. The van der Waals surface area contributed by atoms with Gasteiger partial charge in [-0.05, 0) is 47.8 Å². The Morgan fingerprint density at radius 1 is 1.07 bits per heavy atom. The fraction of sp³-hybridized carbons (Fsp3) is 0.435. The topological polar surface area (TPSA) is 87.3 Å². The summed E-state index contributed by atoms with van der Waals surface area (Å²) in [4.78, 5) is 38.1. The van der Waals surface area contributed by atoms with Crippen molar-refractivity contribution < 1.29 is 14.4 Å². The van der Waals surface area contributed by atoms with Crippen molar-refractivity contribution in [3.05, 3.63) is 57.3 Å². The molecule has 0 bridgehead atoms. The van der Waals surface area contributed by atoms with Gasteiger partial charge in [-0.25, -0.2) is 0 Å². The lowest BCUT2D eigenvalue weighted by Crippen LogP contribution is -2.46. The summed E-state index contributed by atoms with van der Waals surface area (Å²) in [5.74, 6) is -0.443. The summed E-state index contributed by atoms with van der Waals surface area (Å²) in [5.41, 5.74) is 7.18. The van der Waals surface area contributed by atoms with Crippen LogP contribution in [0.5, 0.6) is 0 Å². The zero-order chi connectivity index (χ0) is 21.7. The van der Waals surface area contributed by atoms with Crippen LogP contribution in [0, 0.1) is 11.3 Å². The number of hydrogen-bond donors (Lipinski definition) is 3. The number of hydrogen-bond acceptors (Lipinski definition) is 4. The molecule has 1 atom stereocenters. The molecule has 1 aliphatic rings. The summed E-state index contributed by atoms with van der Waals surface area (Å²) in [5, 5.41) is 2.55. The molecule has 0 radical (unpaired) electrons. The zero-order valence-electron chi connectivity index (χ0n) is 17.7. The van der Waals surface area contributed by atoms with Crippen molar-refractivity contribution >= 4 is 29.1 Å². The van der Waals surface area contributed by atoms with E-state index in [1.165, 1.54) is 21.8 Å². The third-order valence-electron chi connectivity index (χ3n) is 5.50. The maximum atomic E-state index is 12.4. The van der Waals surface area contributed by atoms with E-state index in [1.807, 2.05) is 36.4 Å². The van der Waals surface area contributed by atoms with E-state index in [0.717, 1.165) is 24.8 Å². The van der Waals surface area contributed by atoms with E-state index in [1.54, 1.807) is 0 Å². The van der Waals surface area contributed by atoms with Crippen LogP contribution in [0.4, 0.5) is 0 Å². The predicted molar refractivity (Wildman–Crippen MR) is 118 cm³/mol. The minimum Gasteiger partial charge on any atom is -0.347 e. The predicted octanol–water partition coefficient (Wildman–Crippen LogP) is 3.02. The molecule has 1 aliphatic carbocycles. The van der Waals surface area contributed by atoms with Gasteiger partial charge in [0.1, 0.15) is 0 Å². The summed E-state index contributed by atoms with van der Waals surface area (Å²) < 4.78 is 0. The normalized spacial score (nSPS) is 15.8. The van der Waals surface area contributed by atoms with Gasteiger partial charge >= 0.3 is 0 Å². The highest BCUT2D eigenvalue weighted by Gasteiger charge is 2.30. The van der Waals surface area contributed by atoms with Gasteiger partial charge in [-0.3, -0.25) is 25.2 Å². The summed E-state index contributed by atoms with van der Waals surface area (Å²) in [6.07, 6.45) is 3.33. The second-order valence-electron chi connectivity index (χ2n) is 8.81. The number of carbonyl (C=O) groups excluding carboxylic acids is 3. The van der Waals surface area contributed by atoms with E-state index in [0.29, 0.717) is 10.8 Å². The highest BCUT2D eigenvalue weighted by atomic mass is 32.1. The highest BCUT2D eigenvalue weighted by molar-refractivity contribution is 7.14. The molecule has 0 saturated carbocycles. The fourth-order valence-electron chi connectivity index (χ4n) is 3.63. The molecule has 3 rings (SSSR count). The monoisotopic (exact) mass is 427 g/mol. The van der Waals surface area contributed by atoms with Gasteiger partial charge in [-0.15, -0.1) is 11.3 Å². The van der Waals surface area contributed by atoms with Gasteiger partial charge in [0.25, 0.3) is 11.8 Å². The third-order valence-corrected chi connectivity index (χ3v) is 6.74.